The monoisotopic (exact) mass is 267 g/mol. The number of benzene rings is 1. The van der Waals surface area contributed by atoms with Crippen molar-refractivity contribution < 1.29 is 0 Å². The van der Waals surface area contributed by atoms with Crippen LogP contribution in [0.25, 0.3) is 22.3 Å². The van der Waals surface area contributed by atoms with Gasteiger partial charge in [0, 0.05) is 36.8 Å². The van der Waals surface area contributed by atoms with Crippen LogP contribution in [-0.4, -0.2) is 26.8 Å². The van der Waals surface area contributed by atoms with Gasteiger partial charge in [-0.15, -0.1) is 10.2 Å². The molecule has 2 heterocycles. The van der Waals surface area contributed by atoms with Gasteiger partial charge in [-0.25, -0.2) is 4.98 Å². The average Bonchev–Trinajstić information content (AvgIpc) is 2.94. The van der Waals surface area contributed by atoms with Crippen LogP contribution in [-0.2, 0) is 6.54 Å². The van der Waals surface area contributed by atoms with Gasteiger partial charge in [0.1, 0.15) is 5.69 Å². The zero-order valence-electron chi connectivity index (χ0n) is 11.7. The summed E-state index contributed by atoms with van der Waals surface area (Å²) in [6.07, 6.45) is 4.86. The molecule has 0 aliphatic rings. The van der Waals surface area contributed by atoms with E-state index in [-0.39, 0.29) is 0 Å². The number of hydrogen-bond donors (Lipinski definition) is 1. The maximum atomic E-state index is 4.45. The number of imidazole rings is 1. The van der Waals surface area contributed by atoms with Crippen molar-refractivity contribution in [2.24, 2.45) is 0 Å². The van der Waals surface area contributed by atoms with Crippen LogP contribution in [0.5, 0.6) is 0 Å². The Bertz CT molecular complexity index is 732. The molecule has 1 aromatic carbocycles. The first-order valence-electron chi connectivity index (χ1n) is 6.79. The Balaban J connectivity index is 2.24. The third-order valence-corrected chi connectivity index (χ3v) is 3.32. The minimum atomic E-state index is 0.790. The number of nitrogens with zero attached hydrogens (tertiary/aromatic N) is 4. The fraction of sp³-hybridized carbons (Fsp3) is 0.267. The largest absolute Gasteiger partial charge is 0.371 e. The van der Waals surface area contributed by atoms with Gasteiger partial charge in [-0.1, -0.05) is 31.2 Å². The van der Waals surface area contributed by atoms with Crippen LogP contribution < -0.4 is 5.32 Å². The van der Waals surface area contributed by atoms with E-state index in [2.05, 4.69) is 38.1 Å². The summed E-state index contributed by atoms with van der Waals surface area (Å²) >= 11 is 0. The summed E-state index contributed by atoms with van der Waals surface area (Å²) in [4.78, 5) is 4.45. The van der Waals surface area contributed by atoms with E-state index in [1.807, 2.05) is 37.6 Å². The second-order valence-electron chi connectivity index (χ2n) is 4.64. The highest BCUT2D eigenvalue weighted by molar-refractivity contribution is 5.98. The third kappa shape index (κ3) is 2.01. The highest BCUT2D eigenvalue weighted by atomic mass is 15.2. The fourth-order valence-corrected chi connectivity index (χ4v) is 2.40. The van der Waals surface area contributed by atoms with E-state index < -0.39 is 0 Å². The molecule has 1 N–H and O–H groups in total. The smallest absolute Gasteiger partial charge is 0.161 e. The zero-order chi connectivity index (χ0) is 13.9. The Morgan fingerprint density at radius 3 is 2.70 bits per heavy atom. The Labute approximate surface area is 117 Å². The van der Waals surface area contributed by atoms with Crippen LogP contribution in [0.1, 0.15) is 13.3 Å². The van der Waals surface area contributed by atoms with Gasteiger partial charge >= 0.3 is 0 Å². The highest BCUT2D eigenvalue weighted by Crippen LogP contribution is 2.28. The summed E-state index contributed by atoms with van der Waals surface area (Å²) in [6.45, 7) is 3.08. The molecular formula is C15H17N5. The van der Waals surface area contributed by atoms with E-state index in [9.17, 15) is 0 Å². The lowest BCUT2D eigenvalue weighted by molar-refractivity contribution is 0.683. The second-order valence-corrected chi connectivity index (χ2v) is 4.64. The lowest BCUT2D eigenvalue weighted by Gasteiger charge is -2.10. The number of anilines is 1. The van der Waals surface area contributed by atoms with Crippen molar-refractivity contribution in [2.75, 3.05) is 12.4 Å². The van der Waals surface area contributed by atoms with E-state index in [1.165, 1.54) is 0 Å². The molecule has 0 amide bonds. The molecule has 3 aromatic rings. The van der Waals surface area contributed by atoms with Crippen LogP contribution in [0, 0.1) is 0 Å². The van der Waals surface area contributed by atoms with Crippen molar-refractivity contribution in [2.45, 2.75) is 19.9 Å². The van der Waals surface area contributed by atoms with Gasteiger partial charge in [0.2, 0.25) is 0 Å². The molecule has 0 aliphatic heterocycles. The summed E-state index contributed by atoms with van der Waals surface area (Å²) < 4.78 is 2.12. The Hall–Kier alpha value is -2.43. The summed E-state index contributed by atoms with van der Waals surface area (Å²) in [5.41, 5.74) is 0.832. The van der Waals surface area contributed by atoms with Crippen LogP contribution in [0.4, 0.5) is 5.82 Å². The molecule has 0 unspecified atom stereocenters. The molecule has 0 atom stereocenters. The number of rotatable bonds is 4. The van der Waals surface area contributed by atoms with E-state index >= 15 is 0 Å². The minimum Gasteiger partial charge on any atom is -0.371 e. The quantitative estimate of drug-likeness (QED) is 0.789. The van der Waals surface area contributed by atoms with Crippen LogP contribution in [0.15, 0.2) is 36.7 Å². The molecule has 0 saturated carbocycles. The lowest BCUT2D eigenvalue weighted by atomic mass is 10.1. The van der Waals surface area contributed by atoms with Gasteiger partial charge in [0.25, 0.3) is 0 Å². The summed E-state index contributed by atoms with van der Waals surface area (Å²) in [7, 11) is 1.86. The van der Waals surface area contributed by atoms with Gasteiger partial charge in [-0.05, 0) is 6.42 Å². The zero-order valence-corrected chi connectivity index (χ0v) is 11.7. The van der Waals surface area contributed by atoms with Crippen molar-refractivity contribution in [1.29, 1.82) is 0 Å². The highest BCUT2D eigenvalue weighted by Gasteiger charge is 2.13. The summed E-state index contributed by atoms with van der Waals surface area (Å²) in [6, 6.07) is 8.13. The normalized spacial score (nSPS) is 10.9. The number of fused-ring (bicyclic) bond motifs is 1. The molecule has 20 heavy (non-hydrogen) atoms. The van der Waals surface area contributed by atoms with Gasteiger partial charge in [-0.3, -0.25) is 0 Å². The summed E-state index contributed by atoms with van der Waals surface area (Å²) in [5.74, 6) is 1.66. The third-order valence-electron chi connectivity index (χ3n) is 3.32. The molecule has 0 bridgehead atoms. The predicted octanol–water partition coefficient (Wildman–Crippen LogP) is 2.95. The number of aromatic nitrogens is 4. The molecule has 0 fully saturated rings. The molecule has 0 aliphatic carbocycles. The molecule has 3 rings (SSSR count). The topological polar surface area (TPSA) is 55.6 Å². The van der Waals surface area contributed by atoms with E-state index in [4.69, 9.17) is 0 Å². The van der Waals surface area contributed by atoms with Gasteiger partial charge < -0.3 is 9.88 Å². The van der Waals surface area contributed by atoms with Gasteiger partial charge in [0.05, 0.1) is 0 Å². The minimum absolute atomic E-state index is 0.790. The van der Waals surface area contributed by atoms with E-state index in [0.717, 1.165) is 41.1 Å². The van der Waals surface area contributed by atoms with Crippen molar-refractivity contribution in [3.63, 3.8) is 0 Å². The molecule has 5 nitrogen and oxygen atoms in total. The Morgan fingerprint density at radius 2 is 1.95 bits per heavy atom. The van der Waals surface area contributed by atoms with Crippen molar-refractivity contribution >= 4 is 16.6 Å². The predicted molar refractivity (Wildman–Crippen MR) is 80.6 cm³/mol. The maximum absolute atomic E-state index is 4.45. The maximum Gasteiger partial charge on any atom is 0.161 e. The lowest BCUT2D eigenvalue weighted by Crippen LogP contribution is -2.03. The van der Waals surface area contributed by atoms with Crippen molar-refractivity contribution in [1.82, 2.24) is 19.7 Å². The standard InChI is InChI=1S/C15H17N5/c1-3-9-20-10-8-17-15(20)13-11-6-4-5-7-12(11)14(16-2)19-18-13/h4-8,10H,3,9H2,1-2H3,(H,16,19). The first kappa shape index (κ1) is 12.6. The molecule has 0 spiro atoms. The second kappa shape index (κ2) is 5.28. The summed E-state index contributed by atoms with van der Waals surface area (Å²) in [5, 5.41) is 13.8. The van der Waals surface area contributed by atoms with Crippen LogP contribution in [0.3, 0.4) is 0 Å². The van der Waals surface area contributed by atoms with Gasteiger partial charge in [0.15, 0.2) is 11.6 Å². The Morgan fingerprint density at radius 1 is 1.15 bits per heavy atom. The number of nitrogens with one attached hydrogen (secondary N) is 1. The van der Waals surface area contributed by atoms with Crippen molar-refractivity contribution in [3.05, 3.63) is 36.7 Å². The fourth-order valence-electron chi connectivity index (χ4n) is 2.40. The molecule has 0 radical (unpaired) electrons. The average molecular weight is 267 g/mol. The molecule has 0 saturated heterocycles. The van der Waals surface area contributed by atoms with Crippen LogP contribution >= 0.6 is 0 Å². The molecule has 5 heteroatoms. The molecule has 2 aromatic heterocycles. The number of aryl methyl sites for hydroxylation is 1. The number of hydrogen-bond acceptors (Lipinski definition) is 4. The SMILES string of the molecule is CCCn1ccnc1-c1nnc(NC)c2ccccc12. The van der Waals surface area contributed by atoms with Crippen molar-refractivity contribution in [3.8, 4) is 11.5 Å². The van der Waals surface area contributed by atoms with E-state index in [1.54, 1.807) is 0 Å². The van der Waals surface area contributed by atoms with E-state index in [0.29, 0.717) is 0 Å². The molecule has 102 valence electrons. The first-order chi connectivity index (χ1) is 9.85. The Kier molecular flexibility index (Phi) is 3.33. The van der Waals surface area contributed by atoms with Gasteiger partial charge in [-0.2, -0.15) is 0 Å². The van der Waals surface area contributed by atoms with Crippen LogP contribution in [0.2, 0.25) is 0 Å². The molecular weight excluding hydrogens is 250 g/mol. The first-order valence-corrected chi connectivity index (χ1v) is 6.79.